The van der Waals surface area contributed by atoms with Gasteiger partial charge in [-0.3, -0.25) is 9.69 Å². The SMILES string of the molecule is CC[C@@H](C)c1ccc(OCC(=O)Nc2ccc(CN3CCOCC3)cc2)cc1. The van der Waals surface area contributed by atoms with Crippen LogP contribution in [-0.2, 0) is 16.1 Å². The monoisotopic (exact) mass is 382 g/mol. The molecule has 1 fully saturated rings. The molecule has 0 bridgehead atoms. The highest BCUT2D eigenvalue weighted by molar-refractivity contribution is 5.91. The van der Waals surface area contributed by atoms with Crippen molar-refractivity contribution < 1.29 is 14.3 Å². The summed E-state index contributed by atoms with van der Waals surface area (Å²) in [7, 11) is 0. The molecular weight excluding hydrogens is 352 g/mol. The average Bonchev–Trinajstić information content (AvgIpc) is 2.74. The van der Waals surface area contributed by atoms with Crippen molar-refractivity contribution >= 4 is 11.6 Å². The minimum Gasteiger partial charge on any atom is -0.484 e. The van der Waals surface area contributed by atoms with Crippen LogP contribution in [0.1, 0.15) is 37.3 Å². The topological polar surface area (TPSA) is 50.8 Å². The zero-order valence-electron chi connectivity index (χ0n) is 16.8. The molecule has 150 valence electrons. The van der Waals surface area contributed by atoms with Crippen molar-refractivity contribution in [3.63, 3.8) is 0 Å². The Morgan fingerprint density at radius 2 is 1.79 bits per heavy atom. The van der Waals surface area contributed by atoms with Crippen LogP contribution in [0.3, 0.4) is 0 Å². The first-order valence-electron chi connectivity index (χ1n) is 10.1. The summed E-state index contributed by atoms with van der Waals surface area (Å²) >= 11 is 0. The second-order valence-electron chi connectivity index (χ2n) is 7.30. The van der Waals surface area contributed by atoms with Crippen LogP contribution < -0.4 is 10.1 Å². The van der Waals surface area contributed by atoms with Crippen LogP contribution in [0.25, 0.3) is 0 Å². The van der Waals surface area contributed by atoms with Crippen molar-refractivity contribution in [3.8, 4) is 5.75 Å². The van der Waals surface area contributed by atoms with Gasteiger partial charge in [-0.2, -0.15) is 0 Å². The average molecular weight is 383 g/mol. The molecule has 28 heavy (non-hydrogen) atoms. The van der Waals surface area contributed by atoms with E-state index in [1.54, 1.807) is 0 Å². The highest BCUT2D eigenvalue weighted by Crippen LogP contribution is 2.21. The van der Waals surface area contributed by atoms with Crippen LogP contribution >= 0.6 is 0 Å². The highest BCUT2D eigenvalue weighted by Gasteiger charge is 2.11. The summed E-state index contributed by atoms with van der Waals surface area (Å²) in [6.45, 7) is 8.82. The number of nitrogens with zero attached hydrogens (tertiary/aromatic N) is 1. The van der Waals surface area contributed by atoms with Gasteiger partial charge in [-0.15, -0.1) is 0 Å². The Kier molecular flexibility index (Phi) is 7.46. The molecule has 0 spiro atoms. The molecule has 5 heteroatoms. The summed E-state index contributed by atoms with van der Waals surface area (Å²) in [6.07, 6.45) is 1.11. The van der Waals surface area contributed by atoms with Crippen LogP contribution in [0.2, 0.25) is 0 Å². The zero-order valence-corrected chi connectivity index (χ0v) is 16.8. The van der Waals surface area contributed by atoms with E-state index in [4.69, 9.17) is 9.47 Å². The van der Waals surface area contributed by atoms with Crippen LogP contribution in [0.5, 0.6) is 5.75 Å². The van der Waals surface area contributed by atoms with Gasteiger partial charge in [0.25, 0.3) is 5.91 Å². The molecule has 1 N–H and O–H groups in total. The van der Waals surface area contributed by atoms with Crippen molar-refractivity contribution in [3.05, 3.63) is 59.7 Å². The van der Waals surface area contributed by atoms with E-state index in [0.717, 1.165) is 45.0 Å². The number of amides is 1. The Labute approximate surface area is 167 Å². The van der Waals surface area contributed by atoms with E-state index >= 15 is 0 Å². The maximum atomic E-state index is 12.2. The molecule has 1 heterocycles. The predicted molar refractivity (Wildman–Crippen MR) is 112 cm³/mol. The lowest BCUT2D eigenvalue weighted by Gasteiger charge is -2.26. The fourth-order valence-electron chi connectivity index (χ4n) is 3.19. The molecule has 1 saturated heterocycles. The number of rotatable bonds is 8. The Hall–Kier alpha value is -2.37. The molecule has 1 amide bonds. The van der Waals surface area contributed by atoms with Gasteiger partial charge in [0.05, 0.1) is 13.2 Å². The van der Waals surface area contributed by atoms with Gasteiger partial charge in [-0.05, 0) is 47.7 Å². The summed E-state index contributed by atoms with van der Waals surface area (Å²) in [5.74, 6) is 1.08. The largest absolute Gasteiger partial charge is 0.484 e. The molecule has 0 unspecified atom stereocenters. The molecule has 0 saturated carbocycles. The van der Waals surface area contributed by atoms with E-state index in [2.05, 4.69) is 48.3 Å². The normalized spacial score (nSPS) is 15.8. The first-order valence-corrected chi connectivity index (χ1v) is 10.1. The van der Waals surface area contributed by atoms with Gasteiger partial charge in [0.2, 0.25) is 0 Å². The van der Waals surface area contributed by atoms with E-state index in [-0.39, 0.29) is 12.5 Å². The van der Waals surface area contributed by atoms with Gasteiger partial charge in [0.15, 0.2) is 6.61 Å². The van der Waals surface area contributed by atoms with Crippen LogP contribution in [0.15, 0.2) is 48.5 Å². The van der Waals surface area contributed by atoms with Crippen molar-refractivity contribution in [1.82, 2.24) is 4.90 Å². The third kappa shape index (κ3) is 6.08. The van der Waals surface area contributed by atoms with Gasteiger partial charge in [0, 0.05) is 25.3 Å². The van der Waals surface area contributed by atoms with Gasteiger partial charge in [-0.1, -0.05) is 38.1 Å². The molecule has 5 nitrogen and oxygen atoms in total. The molecule has 0 aliphatic carbocycles. The molecule has 1 aliphatic heterocycles. The second-order valence-corrected chi connectivity index (χ2v) is 7.30. The number of anilines is 1. The number of benzene rings is 2. The summed E-state index contributed by atoms with van der Waals surface area (Å²) in [5.41, 5.74) is 3.31. The molecule has 1 aliphatic rings. The van der Waals surface area contributed by atoms with Crippen LogP contribution in [0.4, 0.5) is 5.69 Å². The predicted octanol–water partition coefficient (Wildman–Crippen LogP) is 4.05. The minimum absolute atomic E-state index is 0.00178. The smallest absolute Gasteiger partial charge is 0.262 e. The molecule has 0 radical (unpaired) electrons. The van der Waals surface area contributed by atoms with Crippen LogP contribution in [0, 0.1) is 0 Å². The third-order valence-corrected chi connectivity index (χ3v) is 5.18. The number of nitrogens with one attached hydrogen (secondary N) is 1. The van der Waals surface area contributed by atoms with Gasteiger partial charge in [-0.25, -0.2) is 0 Å². The Morgan fingerprint density at radius 3 is 2.43 bits per heavy atom. The molecule has 3 rings (SSSR count). The maximum Gasteiger partial charge on any atom is 0.262 e. The second kappa shape index (κ2) is 10.2. The van der Waals surface area contributed by atoms with Crippen molar-refractivity contribution in [2.75, 3.05) is 38.2 Å². The number of hydrogen-bond acceptors (Lipinski definition) is 4. The lowest BCUT2D eigenvalue weighted by Crippen LogP contribution is -2.35. The number of hydrogen-bond donors (Lipinski definition) is 1. The number of ether oxygens (including phenoxy) is 2. The Morgan fingerprint density at radius 1 is 1.11 bits per heavy atom. The van der Waals surface area contributed by atoms with Crippen LogP contribution in [-0.4, -0.2) is 43.7 Å². The number of morpholine rings is 1. The highest BCUT2D eigenvalue weighted by atomic mass is 16.5. The first kappa shape index (κ1) is 20.4. The zero-order chi connectivity index (χ0) is 19.8. The standard InChI is InChI=1S/C23H30N2O3/c1-3-18(2)20-6-10-22(11-7-20)28-17-23(26)24-21-8-4-19(5-9-21)16-25-12-14-27-15-13-25/h4-11,18H,3,12-17H2,1-2H3,(H,24,26)/t18-/m1/s1. The first-order chi connectivity index (χ1) is 13.6. The molecule has 2 aromatic carbocycles. The lowest BCUT2D eigenvalue weighted by molar-refractivity contribution is -0.118. The van der Waals surface area contributed by atoms with Gasteiger partial charge >= 0.3 is 0 Å². The van der Waals surface area contributed by atoms with E-state index in [9.17, 15) is 4.79 Å². The van der Waals surface area contributed by atoms with Crippen molar-refractivity contribution in [2.24, 2.45) is 0 Å². The molecule has 2 aromatic rings. The number of carbonyl (C=O) groups is 1. The maximum absolute atomic E-state index is 12.2. The summed E-state index contributed by atoms with van der Waals surface area (Å²) in [6, 6.07) is 16.0. The van der Waals surface area contributed by atoms with E-state index in [0.29, 0.717) is 11.7 Å². The van der Waals surface area contributed by atoms with E-state index in [1.807, 2.05) is 24.3 Å². The molecular formula is C23H30N2O3. The van der Waals surface area contributed by atoms with Crippen molar-refractivity contribution in [1.29, 1.82) is 0 Å². The van der Waals surface area contributed by atoms with Gasteiger partial charge < -0.3 is 14.8 Å². The van der Waals surface area contributed by atoms with E-state index < -0.39 is 0 Å². The van der Waals surface area contributed by atoms with E-state index in [1.165, 1.54) is 11.1 Å². The fraction of sp³-hybridized carbons (Fsp3) is 0.435. The lowest BCUT2D eigenvalue weighted by atomic mass is 9.99. The Bertz CT molecular complexity index is 737. The third-order valence-electron chi connectivity index (χ3n) is 5.18. The Balaban J connectivity index is 1.44. The van der Waals surface area contributed by atoms with Gasteiger partial charge in [0.1, 0.15) is 5.75 Å². The summed E-state index contributed by atoms with van der Waals surface area (Å²) < 4.78 is 11.0. The number of carbonyl (C=O) groups excluding carboxylic acids is 1. The fourth-order valence-corrected chi connectivity index (χ4v) is 3.19. The summed E-state index contributed by atoms with van der Waals surface area (Å²) in [5, 5.41) is 2.88. The minimum atomic E-state index is -0.160. The summed E-state index contributed by atoms with van der Waals surface area (Å²) in [4.78, 5) is 14.5. The molecule has 0 aromatic heterocycles. The quantitative estimate of drug-likeness (QED) is 0.748. The molecule has 1 atom stereocenters. The van der Waals surface area contributed by atoms with Crippen molar-refractivity contribution in [2.45, 2.75) is 32.7 Å².